The zero-order valence-corrected chi connectivity index (χ0v) is 15.7. The van der Waals surface area contributed by atoms with Crippen LogP contribution in [0.5, 0.6) is 0 Å². The zero-order valence-electron chi connectivity index (χ0n) is 14.1. The molecule has 3 rings (SSSR count). The normalized spacial score (nSPS) is 15.3. The van der Waals surface area contributed by atoms with Crippen LogP contribution in [-0.2, 0) is 6.54 Å². The van der Waals surface area contributed by atoms with Crippen LogP contribution >= 0.6 is 24.8 Å². The van der Waals surface area contributed by atoms with Gasteiger partial charge in [-0.1, -0.05) is 23.3 Å². The molecular weight excluding hydrogens is 368 g/mol. The molecular formula is C16H24Cl2FN5O. The molecule has 6 nitrogen and oxygen atoms in total. The number of hydrogen-bond donors (Lipinski definition) is 2. The first-order valence-electron chi connectivity index (χ1n) is 7.97. The molecule has 25 heavy (non-hydrogen) atoms. The number of aromatic nitrogens is 2. The summed E-state index contributed by atoms with van der Waals surface area (Å²) in [6, 6.07) is 7.28. The first kappa shape index (κ1) is 21.6. The van der Waals surface area contributed by atoms with Crippen molar-refractivity contribution in [2.75, 3.05) is 32.0 Å². The highest BCUT2D eigenvalue weighted by atomic mass is 35.5. The molecule has 0 bridgehead atoms. The van der Waals surface area contributed by atoms with E-state index in [0.717, 1.165) is 25.9 Å². The highest BCUT2D eigenvalue weighted by molar-refractivity contribution is 5.85. The fourth-order valence-corrected chi connectivity index (χ4v) is 2.97. The fourth-order valence-electron chi connectivity index (χ4n) is 2.97. The van der Waals surface area contributed by atoms with Crippen LogP contribution < -0.4 is 10.6 Å². The van der Waals surface area contributed by atoms with E-state index in [4.69, 9.17) is 4.42 Å². The van der Waals surface area contributed by atoms with Crippen molar-refractivity contribution in [2.24, 2.45) is 0 Å². The van der Waals surface area contributed by atoms with Crippen molar-refractivity contribution in [3.63, 3.8) is 0 Å². The average molecular weight is 392 g/mol. The molecule has 0 spiro atoms. The number of likely N-dealkylation sites (tertiary alicyclic amines) is 1. The largest absolute Gasteiger partial charge is 0.407 e. The third-order valence-electron chi connectivity index (χ3n) is 4.09. The van der Waals surface area contributed by atoms with E-state index in [1.165, 1.54) is 6.07 Å². The van der Waals surface area contributed by atoms with Crippen LogP contribution in [0, 0.1) is 5.82 Å². The second kappa shape index (κ2) is 10.6. The van der Waals surface area contributed by atoms with Gasteiger partial charge in [-0.25, -0.2) is 4.39 Å². The van der Waals surface area contributed by atoms with E-state index < -0.39 is 0 Å². The van der Waals surface area contributed by atoms with Crippen molar-refractivity contribution in [3.8, 4) is 0 Å². The molecule has 1 atom stereocenters. The summed E-state index contributed by atoms with van der Waals surface area (Å²) in [5.41, 5.74) is 0.705. The molecule has 2 heterocycles. The van der Waals surface area contributed by atoms with Gasteiger partial charge >= 0.3 is 6.01 Å². The van der Waals surface area contributed by atoms with Crippen LogP contribution in [0.4, 0.5) is 10.4 Å². The van der Waals surface area contributed by atoms with Crippen molar-refractivity contribution in [1.82, 2.24) is 20.4 Å². The third-order valence-corrected chi connectivity index (χ3v) is 4.09. The van der Waals surface area contributed by atoms with Gasteiger partial charge in [0.25, 0.3) is 0 Å². The molecule has 1 fully saturated rings. The predicted octanol–water partition coefficient (Wildman–Crippen LogP) is 3.02. The van der Waals surface area contributed by atoms with Gasteiger partial charge < -0.3 is 15.1 Å². The maximum absolute atomic E-state index is 14.2. The predicted molar refractivity (Wildman–Crippen MR) is 100.0 cm³/mol. The Hall–Kier alpha value is -1.41. The highest BCUT2D eigenvalue weighted by Gasteiger charge is 2.25. The number of hydrogen-bond acceptors (Lipinski definition) is 6. The van der Waals surface area contributed by atoms with Gasteiger partial charge in [0.1, 0.15) is 5.82 Å². The van der Waals surface area contributed by atoms with Crippen LogP contribution in [0.15, 0.2) is 28.7 Å². The molecule has 1 aromatic carbocycles. The Morgan fingerprint density at radius 3 is 2.60 bits per heavy atom. The lowest BCUT2D eigenvalue weighted by Gasteiger charge is -2.28. The fraction of sp³-hybridized carbons (Fsp3) is 0.500. The van der Waals surface area contributed by atoms with E-state index in [2.05, 4.69) is 25.7 Å². The molecule has 0 radical (unpaired) electrons. The van der Waals surface area contributed by atoms with Gasteiger partial charge in [0, 0.05) is 12.1 Å². The zero-order chi connectivity index (χ0) is 16.1. The Morgan fingerprint density at radius 2 is 1.92 bits per heavy atom. The molecule has 0 saturated carbocycles. The quantitative estimate of drug-likeness (QED) is 0.755. The SMILES string of the molecule is CNCc1nnc(NCC(c2ccccc2F)N2CCCC2)o1.Cl.Cl. The van der Waals surface area contributed by atoms with Gasteiger partial charge in [0.05, 0.1) is 12.6 Å². The molecule has 0 amide bonds. The smallest absolute Gasteiger partial charge is 0.315 e. The van der Waals surface area contributed by atoms with Crippen LogP contribution in [0.25, 0.3) is 0 Å². The summed E-state index contributed by atoms with van der Waals surface area (Å²) in [6.07, 6.45) is 2.30. The maximum Gasteiger partial charge on any atom is 0.315 e. The number of anilines is 1. The van der Waals surface area contributed by atoms with E-state index in [1.54, 1.807) is 6.07 Å². The van der Waals surface area contributed by atoms with E-state index in [0.29, 0.717) is 30.6 Å². The van der Waals surface area contributed by atoms with Crippen LogP contribution in [0.1, 0.15) is 30.3 Å². The topological polar surface area (TPSA) is 66.2 Å². The van der Waals surface area contributed by atoms with Gasteiger partial charge in [-0.15, -0.1) is 29.9 Å². The minimum atomic E-state index is -0.174. The Labute approximate surface area is 159 Å². The molecule has 1 saturated heterocycles. The summed E-state index contributed by atoms with van der Waals surface area (Å²) < 4.78 is 19.7. The number of rotatable bonds is 7. The van der Waals surface area contributed by atoms with Crippen LogP contribution in [0.3, 0.4) is 0 Å². The summed E-state index contributed by atoms with van der Waals surface area (Å²) in [7, 11) is 1.82. The van der Waals surface area contributed by atoms with Crippen molar-refractivity contribution in [2.45, 2.75) is 25.4 Å². The summed E-state index contributed by atoms with van der Waals surface area (Å²) in [4.78, 5) is 2.30. The maximum atomic E-state index is 14.2. The molecule has 1 aliphatic rings. The molecule has 0 aliphatic carbocycles. The Balaban J connectivity index is 0.00000156. The Morgan fingerprint density at radius 1 is 1.20 bits per heavy atom. The Kier molecular flexibility index (Phi) is 9.13. The van der Waals surface area contributed by atoms with Crippen molar-refractivity contribution >= 4 is 30.8 Å². The number of nitrogens with zero attached hydrogens (tertiary/aromatic N) is 3. The van der Waals surface area contributed by atoms with Gasteiger partial charge in [-0.3, -0.25) is 4.90 Å². The van der Waals surface area contributed by atoms with Crippen LogP contribution in [0.2, 0.25) is 0 Å². The summed E-state index contributed by atoms with van der Waals surface area (Å²) in [5.74, 6) is 0.353. The molecule has 2 aromatic rings. The third kappa shape index (κ3) is 5.54. The number of halogens is 3. The monoisotopic (exact) mass is 391 g/mol. The molecule has 9 heteroatoms. The molecule has 1 aliphatic heterocycles. The van der Waals surface area contributed by atoms with E-state index >= 15 is 0 Å². The molecule has 140 valence electrons. The molecule has 1 unspecified atom stereocenters. The Bertz CT molecular complexity index is 636. The van der Waals surface area contributed by atoms with E-state index in [-0.39, 0.29) is 36.7 Å². The van der Waals surface area contributed by atoms with Gasteiger partial charge in [-0.05, 0) is 39.0 Å². The van der Waals surface area contributed by atoms with Gasteiger partial charge in [0.2, 0.25) is 5.89 Å². The summed E-state index contributed by atoms with van der Waals surface area (Å²) >= 11 is 0. The number of nitrogens with one attached hydrogen (secondary N) is 2. The standard InChI is InChI=1S/C16H22FN5O.2ClH/c1-18-11-15-20-21-16(23-15)19-10-14(22-8-4-5-9-22)12-6-2-3-7-13(12)17;;/h2-3,6-7,14,18H,4-5,8-11H2,1H3,(H,19,21);2*1H. The summed E-state index contributed by atoms with van der Waals surface area (Å²) in [5, 5.41) is 14.0. The minimum Gasteiger partial charge on any atom is -0.407 e. The van der Waals surface area contributed by atoms with Gasteiger partial charge in [0.15, 0.2) is 0 Å². The lowest BCUT2D eigenvalue weighted by molar-refractivity contribution is 0.249. The second-order valence-electron chi connectivity index (χ2n) is 5.69. The minimum absolute atomic E-state index is 0. The summed E-state index contributed by atoms with van der Waals surface area (Å²) in [6.45, 7) is 3.02. The second-order valence-corrected chi connectivity index (χ2v) is 5.69. The molecule has 2 N–H and O–H groups in total. The first-order chi connectivity index (χ1) is 11.3. The van der Waals surface area contributed by atoms with Gasteiger partial charge in [-0.2, -0.15) is 0 Å². The van der Waals surface area contributed by atoms with Crippen molar-refractivity contribution in [1.29, 1.82) is 0 Å². The first-order valence-corrected chi connectivity index (χ1v) is 7.97. The van der Waals surface area contributed by atoms with E-state index in [9.17, 15) is 4.39 Å². The number of benzene rings is 1. The molecule has 1 aromatic heterocycles. The average Bonchev–Trinajstić information content (AvgIpc) is 3.22. The lowest BCUT2D eigenvalue weighted by Crippen LogP contribution is -2.31. The highest BCUT2D eigenvalue weighted by Crippen LogP contribution is 2.27. The van der Waals surface area contributed by atoms with Crippen molar-refractivity contribution < 1.29 is 8.81 Å². The van der Waals surface area contributed by atoms with Crippen molar-refractivity contribution in [3.05, 3.63) is 41.5 Å². The lowest BCUT2D eigenvalue weighted by atomic mass is 10.0. The van der Waals surface area contributed by atoms with E-state index in [1.807, 2.05) is 19.2 Å². The van der Waals surface area contributed by atoms with Crippen LogP contribution in [-0.4, -0.2) is 41.8 Å².